The van der Waals surface area contributed by atoms with E-state index in [4.69, 9.17) is 4.74 Å². The van der Waals surface area contributed by atoms with Gasteiger partial charge in [-0.2, -0.15) is 0 Å². The lowest BCUT2D eigenvalue weighted by molar-refractivity contribution is -0.0869. The zero-order valence-electron chi connectivity index (χ0n) is 13.8. The van der Waals surface area contributed by atoms with Crippen molar-refractivity contribution < 1.29 is 9.84 Å². The fraction of sp³-hybridized carbons (Fsp3) is 0.722. The molecule has 3 nitrogen and oxygen atoms in total. The standard InChI is InChI=1S/C18H29NO2/c1-5-8-21-16-9-15(11-19-12-16)18(20)10-14(4)6-7-17(18)13(2)3/h9,11-14,17,20H,5-8,10H2,1-4H3. The maximum Gasteiger partial charge on any atom is 0.137 e. The molecule has 0 aromatic carbocycles. The molecule has 1 aromatic rings. The summed E-state index contributed by atoms with van der Waals surface area (Å²) in [7, 11) is 0. The van der Waals surface area contributed by atoms with E-state index in [0.29, 0.717) is 18.4 Å². The molecule has 1 heterocycles. The van der Waals surface area contributed by atoms with Gasteiger partial charge in [-0.3, -0.25) is 4.98 Å². The number of pyridine rings is 1. The number of aliphatic hydroxyl groups is 1. The van der Waals surface area contributed by atoms with Crippen LogP contribution in [0.25, 0.3) is 0 Å². The van der Waals surface area contributed by atoms with Gasteiger partial charge in [0.2, 0.25) is 0 Å². The lowest BCUT2D eigenvalue weighted by atomic mass is 9.64. The fourth-order valence-electron chi connectivity index (χ4n) is 3.66. The topological polar surface area (TPSA) is 42.4 Å². The zero-order chi connectivity index (χ0) is 15.5. The van der Waals surface area contributed by atoms with Crippen molar-refractivity contribution in [3.8, 4) is 5.75 Å². The molecule has 3 heteroatoms. The van der Waals surface area contributed by atoms with Gasteiger partial charge in [-0.15, -0.1) is 0 Å². The zero-order valence-corrected chi connectivity index (χ0v) is 13.8. The maximum absolute atomic E-state index is 11.4. The molecule has 2 rings (SSSR count). The van der Waals surface area contributed by atoms with Gasteiger partial charge in [-0.25, -0.2) is 0 Å². The molecule has 21 heavy (non-hydrogen) atoms. The Kier molecular flexibility index (Phi) is 5.26. The highest BCUT2D eigenvalue weighted by molar-refractivity contribution is 5.29. The predicted octanol–water partition coefficient (Wildman–Crippen LogP) is 4.15. The molecule has 118 valence electrons. The third kappa shape index (κ3) is 3.57. The largest absolute Gasteiger partial charge is 0.492 e. The first-order valence-electron chi connectivity index (χ1n) is 8.28. The molecule has 1 saturated carbocycles. The van der Waals surface area contributed by atoms with Crippen LogP contribution in [0.15, 0.2) is 18.5 Å². The summed E-state index contributed by atoms with van der Waals surface area (Å²) >= 11 is 0. The summed E-state index contributed by atoms with van der Waals surface area (Å²) in [5.41, 5.74) is 0.145. The van der Waals surface area contributed by atoms with E-state index in [1.165, 1.54) is 6.42 Å². The second kappa shape index (κ2) is 6.78. The Hall–Kier alpha value is -1.09. The van der Waals surface area contributed by atoms with Gasteiger partial charge in [0, 0.05) is 11.8 Å². The second-order valence-corrected chi connectivity index (χ2v) is 6.92. The van der Waals surface area contributed by atoms with Crippen molar-refractivity contribution in [2.45, 2.75) is 59.0 Å². The van der Waals surface area contributed by atoms with Crippen LogP contribution in [0.2, 0.25) is 0 Å². The molecule has 1 aliphatic carbocycles. The molecule has 1 fully saturated rings. The van der Waals surface area contributed by atoms with E-state index in [2.05, 4.69) is 32.7 Å². The summed E-state index contributed by atoms with van der Waals surface area (Å²) in [6, 6.07) is 1.98. The van der Waals surface area contributed by atoms with E-state index in [1.807, 2.05) is 12.3 Å². The Balaban J connectivity index is 2.30. The van der Waals surface area contributed by atoms with Gasteiger partial charge in [-0.1, -0.05) is 34.1 Å². The normalized spacial score (nSPS) is 29.6. The van der Waals surface area contributed by atoms with Crippen LogP contribution in [0.1, 0.15) is 58.9 Å². The quantitative estimate of drug-likeness (QED) is 0.886. The molecule has 0 bridgehead atoms. The summed E-state index contributed by atoms with van der Waals surface area (Å²) in [6.45, 7) is 9.41. The molecule has 1 N–H and O–H groups in total. The first-order valence-corrected chi connectivity index (χ1v) is 8.28. The van der Waals surface area contributed by atoms with Gasteiger partial charge in [0.25, 0.3) is 0 Å². The summed E-state index contributed by atoms with van der Waals surface area (Å²) in [5, 5.41) is 11.4. The van der Waals surface area contributed by atoms with E-state index in [9.17, 15) is 5.11 Å². The SMILES string of the molecule is CCCOc1cncc(C2(O)CC(C)CCC2C(C)C)c1. The maximum atomic E-state index is 11.4. The van der Waals surface area contributed by atoms with Crippen molar-refractivity contribution >= 4 is 0 Å². The van der Waals surface area contributed by atoms with Gasteiger partial charge in [-0.05, 0) is 43.1 Å². The van der Waals surface area contributed by atoms with Crippen molar-refractivity contribution in [3.63, 3.8) is 0 Å². The van der Waals surface area contributed by atoms with Gasteiger partial charge < -0.3 is 9.84 Å². The summed E-state index contributed by atoms with van der Waals surface area (Å²) in [5.74, 6) is 2.06. The lowest BCUT2D eigenvalue weighted by Gasteiger charge is -2.45. The number of nitrogens with zero attached hydrogens (tertiary/aromatic N) is 1. The van der Waals surface area contributed by atoms with Crippen LogP contribution in [0, 0.1) is 17.8 Å². The third-order valence-electron chi connectivity index (χ3n) is 4.73. The molecule has 1 aromatic heterocycles. The molecule has 0 spiro atoms. The smallest absolute Gasteiger partial charge is 0.137 e. The Morgan fingerprint density at radius 1 is 1.38 bits per heavy atom. The second-order valence-electron chi connectivity index (χ2n) is 6.92. The van der Waals surface area contributed by atoms with E-state index < -0.39 is 5.60 Å². The van der Waals surface area contributed by atoms with E-state index in [1.54, 1.807) is 6.20 Å². The van der Waals surface area contributed by atoms with Crippen molar-refractivity contribution in [3.05, 3.63) is 24.0 Å². The first kappa shape index (κ1) is 16.3. The van der Waals surface area contributed by atoms with Crippen molar-refractivity contribution in [2.75, 3.05) is 6.61 Å². The van der Waals surface area contributed by atoms with E-state index >= 15 is 0 Å². The highest BCUT2D eigenvalue weighted by Crippen LogP contribution is 2.47. The molecule has 1 aliphatic rings. The van der Waals surface area contributed by atoms with Crippen LogP contribution >= 0.6 is 0 Å². The van der Waals surface area contributed by atoms with Crippen LogP contribution in [0.3, 0.4) is 0 Å². The van der Waals surface area contributed by atoms with Crippen LogP contribution in [0.5, 0.6) is 5.75 Å². The Morgan fingerprint density at radius 2 is 2.14 bits per heavy atom. The molecule has 3 unspecified atom stereocenters. The molecule has 0 radical (unpaired) electrons. The molecular formula is C18H29NO2. The average Bonchev–Trinajstić information content (AvgIpc) is 2.45. The van der Waals surface area contributed by atoms with Crippen LogP contribution in [-0.2, 0) is 5.60 Å². The van der Waals surface area contributed by atoms with Gasteiger partial charge in [0.15, 0.2) is 0 Å². The summed E-state index contributed by atoms with van der Waals surface area (Å²) < 4.78 is 5.68. The number of ether oxygens (including phenoxy) is 1. The van der Waals surface area contributed by atoms with E-state index in [-0.39, 0.29) is 5.92 Å². The van der Waals surface area contributed by atoms with Crippen molar-refractivity contribution in [1.82, 2.24) is 4.98 Å². The Bertz CT molecular complexity index is 460. The number of aromatic nitrogens is 1. The van der Waals surface area contributed by atoms with Crippen LogP contribution < -0.4 is 4.74 Å². The minimum atomic E-state index is -0.773. The number of rotatable bonds is 5. The average molecular weight is 291 g/mol. The van der Waals surface area contributed by atoms with Crippen molar-refractivity contribution in [1.29, 1.82) is 0 Å². The minimum Gasteiger partial charge on any atom is -0.492 e. The molecule has 0 aliphatic heterocycles. The van der Waals surface area contributed by atoms with Gasteiger partial charge in [0.05, 0.1) is 18.4 Å². The highest BCUT2D eigenvalue weighted by Gasteiger charge is 2.44. The Morgan fingerprint density at radius 3 is 2.81 bits per heavy atom. The molecular weight excluding hydrogens is 262 g/mol. The van der Waals surface area contributed by atoms with Gasteiger partial charge >= 0.3 is 0 Å². The van der Waals surface area contributed by atoms with Gasteiger partial charge in [0.1, 0.15) is 5.75 Å². The fourth-order valence-corrected chi connectivity index (χ4v) is 3.66. The Labute approximate surface area is 128 Å². The molecule has 3 atom stereocenters. The molecule has 0 amide bonds. The summed E-state index contributed by atoms with van der Waals surface area (Å²) in [4.78, 5) is 4.29. The minimum absolute atomic E-state index is 0.289. The number of hydrogen-bond donors (Lipinski definition) is 1. The third-order valence-corrected chi connectivity index (χ3v) is 4.73. The first-order chi connectivity index (χ1) is 9.97. The van der Waals surface area contributed by atoms with Crippen LogP contribution in [-0.4, -0.2) is 16.7 Å². The van der Waals surface area contributed by atoms with Crippen molar-refractivity contribution in [2.24, 2.45) is 17.8 Å². The lowest BCUT2D eigenvalue weighted by Crippen LogP contribution is -2.43. The monoisotopic (exact) mass is 291 g/mol. The predicted molar refractivity (Wildman–Crippen MR) is 85.3 cm³/mol. The van der Waals surface area contributed by atoms with E-state index in [0.717, 1.165) is 30.6 Å². The van der Waals surface area contributed by atoms with Crippen LogP contribution in [0.4, 0.5) is 0 Å². The summed E-state index contributed by atoms with van der Waals surface area (Å²) in [6.07, 6.45) is 7.61. The molecule has 0 saturated heterocycles. The number of hydrogen-bond acceptors (Lipinski definition) is 3. The highest BCUT2D eigenvalue weighted by atomic mass is 16.5.